The van der Waals surface area contributed by atoms with Crippen LogP contribution in [-0.2, 0) is 24.3 Å². The van der Waals surface area contributed by atoms with Gasteiger partial charge in [0.15, 0.2) is 0 Å². The summed E-state index contributed by atoms with van der Waals surface area (Å²) in [6, 6.07) is 6.38. The number of hydrogen-bond acceptors (Lipinski definition) is 5. The number of aliphatic carboxylic acids is 1. The zero-order valence-electron chi connectivity index (χ0n) is 14.3. The van der Waals surface area contributed by atoms with Gasteiger partial charge in [0.05, 0.1) is 24.8 Å². The summed E-state index contributed by atoms with van der Waals surface area (Å²) in [4.78, 5) is 23.1. The SMILES string of the molecule is COCCCS(=O)(=O)NCC(=O)NC(CC(=O)O)c1ccccc1C. The Kier molecular flexibility index (Phi) is 8.53. The van der Waals surface area contributed by atoms with Crippen LogP contribution in [0.15, 0.2) is 24.3 Å². The van der Waals surface area contributed by atoms with Crippen molar-refractivity contribution in [1.29, 1.82) is 0 Å². The van der Waals surface area contributed by atoms with Crippen LogP contribution in [-0.4, -0.2) is 51.4 Å². The molecule has 0 bridgehead atoms. The van der Waals surface area contributed by atoms with Gasteiger partial charge in [0.1, 0.15) is 0 Å². The van der Waals surface area contributed by atoms with Gasteiger partial charge < -0.3 is 15.2 Å². The Morgan fingerprint density at radius 3 is 2.56 bits per heavy atom. The molecule has 9 heteroatoms. The minimum absolute atomic E-state index is 0.148. The summed E-state index contributed by atoms with van der Waals surface area (Å²) in [5.41, 5.74) is 1.52. The standard InChI is InChI=1S/C16H24N2O6S/c1-12-6-3-4-7-13(12)14(10-16(20)21)18-15(19)11-17-25(22,23)9-5-8-24-2/h3-4,6-7,14,17H,5,8-11H2,1-2H3,(H,18,19)(H,20,21). The molecule has 0 saturated carbocycles. The zero-order valence-corrected chi connectivity index (χ0v) is 15.1. The molecule has 1 aromatic rings. The lowest BCUT2D eigenvalue weighted by atomic mass is 9.99. The topological polar surface area (TPSA) is 122 Å². The molecule has 0 aliphatic heterocycles. The number of nitrogens with one attached hydrogen (secondary N) is 2. The highest BCUT2D eigenvalue weighted by Gasteiger charge is 2.20. The van der Waals surface area contributed by atoms with Gasteiger partial charge in [-0.15, -0.1) is 0 Å². The van der Waals surface area contributed by atoms with Crippen molar-refractivity contribution in [2.24, 2.45) is 0 Å². The van der Waals surface area contributed by atoms with Crippen molar-refractivity contribution >= 4 is 21.9 Å². The fourth-order valence-corrected chi connectivity index (χ4v) is 3.27. The second kappa shape index (κ2) is 10.1. The van der Waals surface area contributed by atoms with Crippen LogP contribution in [0.1, 0.15) is 30.0 Å². The Labute approximate surface area is 147 Å². The van der Waals surface area contributed by atoms with E-state index in [-0.39, 0.29) is 12.2 Å². The molecule has 140 valence electrons. The molecule has 1 amide bonds. The predicted molar refractivity (Wildman–Crippen MR) is 92.6 cm³/mol. The molecule has 0 aliphatic rings. The second-order valence-corrected chi connectivity index (χ2v) is 7.49. The summed E-state index contributed by atoms with van der Waals surface area (Å²) in [6.07, 6.45) is 0.0233. The van der Waals surface area contributed by atoms with E-state index in [1.165, 1.54) is 7.11 Å². The average molecular weight is 372 g/mol. The third-order valence-electron chi connectivity index (χ3n) is 3.49. The molecular weight excluding hydrogens is 348 g/mol. The number of amides is 1. The zero-order chi connectivity index (χ0) is 18.9. The van der Waals surface area contributed by atoms with Crippen LogP contribution in [0.2, 0.25) is 0 Å². The predicted octanol–water partition coefficient (Wildman–Crippen LogP) is 0.583. The van der Waals surface area contributed by atoms with Gasteiger partial charge in [-0.25, -0.2) is 13.1 Å². The smallest absolute Gasteiger partial charge is 0.305 e. The maximum atomic E-state index is 12.0. The van der Waals surface area contributed by atoms with Crippen molar-refractivity contribution in [3.8, 4) is 0 Å². The fraction of sp³-hybridized carbons (Fsp3) is 0.500. The van der Waals surface area contributed by atoms with Crippen LogP contribution < -0.4 is 10.0 Å². The minimum Gasteiger partial charge on any atom is -0.481 e. The Balaban J connectivity index is 2.67. The van der Waals surface area contributed by atoms with Gasteiger partial charge in [-0.05, 0) is 24.5 Å². The van der Waals surface area contributed by atoms with E-state index in [9.17, 15) is 18.0 Å². The lowest BCUT2D eigenvalue weighted by molar-refractivity contribution is -0.137. The van der Waals surface area contributed by atoms with Crippen LogP contribution in [0.4, 0.5) is 0 Å². The molecule has 1 rings (SSSR count). The molecule has 0 aromatic heterocycles. The van der Waals surface area contributed by atoms with Gasteiger partial charge in [0.25, 0.3) is 0 Å². The van der Waals surface area contributed by atoms with E-state index < -0.39 is 34.5 Å². The first-order valence-electron chi connectivity index (χ1n) is 7.78. The number of carbonyl (C=O) groups excluding carboxylic acids is 1. The molecule has 1 atom stereocenters. The van der Waals surface area contributed by atoms with Crippen LogP contribution in [0.3, 0.4) is 0 Å². The number of sulfonamides is 1. The van der Waals surface area contributed by atoms with Gasteiger partial charge in [-0.3, -0.25) is 9.59 Å². The van der Waals surface area contributed by atoms with Crippen molar-refractivity contribution in [2.45, 2.75) is 25.8 Å². The first-order chi connectivity index (χ1) is 11.7. The largest absolute Gasteiger partial charge is 0.481 e. The number of rotatable bonds is 11. The Bertz CT molecular complexity index is 690. The van der Waals surface area contributed by atoms with E-state index in [1.54, 1.807) is 12.1 Å². The molecule has 0 spiro atoms. The second-order valence-electron chi connectivity index (χ2n) is 5.56. The number of carboxylic acid groups (broad SMARTS) is 1. The molecule has 1 unspecified atom stereocenters. The van der Waals surface area contributed by atoms with E-state index in [2.05, 4.69) is 10.0 Å². The molecule has 8 nitrogen and oxygen atoms in total. The molecule has 0 radical (unpaired) electrons. The van der Waals surface area contributed by atoms with Crippen LogP contribution in [0, 0.1) is 6.92 Å². The average Bonchev–Trinajstić information content (AvgIpc) is 2.53. The lowest BCUT2D eigenvalue weighted by Crippen LogP contribution is -2.40. The highest BCUT2D eigenvalue weighted by Crippen LogP contribution is 2.20. The van der Waals surface area contributed by atoms with E-state index >= 15 is 0 Å². The van der Waals surface area contributed by atoms with E-state index in [0.29, 0.717) is 18.6 Å². The lowest BCUT2D eigenvalue weighted by Gasteiger charge is -2.19. The summed E-state index contributed by atoms with van der Waals surface area (Å²) in [7, 11) is -2.11. The van der Waals surface area contributed by atoms with Gasteiger partial charge in [-0.1, -0.05) is 24.3 Å². The van der Waals surface area contributed by atoms with Crippen molar-refractivity contribution in [3.63, 3.8) is 0 Å². The molecule has 0 fully saturated rings. The summed E-state index contributed by atoms with van der Waals surface area (Å²) >= 11 is 0. The number of aryl methyl sites for hydroxylation is 1. The Hall–Kier alpha value is -1.97. The highest BCUT2D eigenvalue weighted by molar-refractivity contribution is 7.89. The van der Waals surface area contributed by atoms with Crippen LogP contribution in [0.25, 0.3) is 0 Å². The van der Waals surface area contributed by atoms with Gasteiger partial charge in [-0.2, -0.15) is 0 Å². The summed E-state index contributed by atoms with van der Waals surface area (Å²) < 4.78 is 30.5. The Morgan fingerprint density at radius 2 is 1.96 bits per heavy atom. The van der Waals surface area contributed by atoms with Gasteiger partial charge in [0, 0.05) is 13.7 Å². The normalized spacial score (nSPS) is 12.6. The van der Waals surface area contributed by atoms with Crippen LogP contribution in [0.5, 0.6) is 0 Å². The third kappa shape index (κ3) is 8.10. The molecular formula is C16H24N2O6S. The van der Waals surface area contributed by atoms with E-state index in [1.807, 2.05) is 19.1 Å². The minimum atomic E-state index is -3.59. The first-order valence-corrected chi connectivity index (χ1v) is 9.43. The maximum Gasteiger partial charge on any atom is 0.305 e. The number of hydrogen-bond donors (Lipinski definition) is 3. The Morgan fingerprint density at radius 1 is 1.28 bits per heavy atom. The first kappa shape index (κ1) is 21.1. The van der Waals surface area contributed by atoms with Crippen molar-refractivity contribution < 1.29 is 27.9 Å². The fourth-order valence-electron chi connectivity index (χ4n) is 2.28. The quantitative estimate of drug-likeness (QED) is 0.489. The molecule has 3 N–H and O–H groups in total. The monoisotopic (exact) mass is 372 g/mol. The molecule has 25 heavy (non-hydrogen) atoms. The maximum absolute atomic E-state index is 12.0. The molecule has 0 heterocycles. The summed E-state index contributed by atoms with van der Waals surface area (Å²) in [5, 5.41) is 11.6. The third-order valence-corrected chi connectivity index (χ3v) is 4.90. The number of methoxy groups -OCH3 is 1. The molecule has 1 aromatic carbocycles. The number of ether oxygens (including phenoxy) is 1. The molecule has 0 saturated heterocycles. The summed E-state index contributed by atoms with van der Waals surface area (Å²) in [5.74, 6) is -1.80. The van der Waals surface area contributed by atoms with Crippen molar-refractivity contribution in [3.05, 3.63) is 35.4 Å². The highest BCUT2D eigenvalue weighted by atomic mass is 32.2. The van der Waals surface area contributed by atoms with E-state index in [0.717, 1.165) is 5.56 Å². The number of carbonyl (C=O) groups is 2. The van der Waals surface area contributed by atoms with Gasteiger partial charge >= 0.3 is 5.97 Å². The van der Waals surface area contributed by atoms with Crippen LogP contribution >= 0.6 is 0 Å². The molecule has 0 aliphatic carbocycles. The van der Waals surface area contributed by atoms with Crippen molar-refractivity contribution in [1.82, 2.24) is 10.0 Å². The van der Waals surface area contributed by atoms with Gasteiger partial charge in [0.2, 0.25) is 15.9 Å². The van der Waals surface area contributed by atoms with E-state index in [4.69, 9.17) is 9.84 Å². The summed E-state index contributed by atoms with van der Waals surface area (Å²) in [6.45, 7) is 1.67. The number of benzene rings is 1. The number of carboxylic acids is 1. The van der Waals surface area contributed by atoms with Crippen molar-refractivity contribution in [2.75, 3.05) is 26.0 Å².